The molecule has 0 radical (unpaired) electrons. The van der Waals surface area contributed by atoms with Crippen molar-refractivity contribution in [3.63, 3.8) is 0 Å². The van der Waals surface area contributed by atoms with E-state index in [0.29, 0.717) is 44.6 Å². The molecule has 6 heteroatoms. The molecule has 2 aliphatic heterocycles. The third kappa shape index (κ3) is 5.86. The molecule has 2 amide bonds. The van der Waals surface area contributed by atoms with Crippen LogP contribution in [0.1, 0.15) is 67.4 Å². The summed E-state index contributed by atoms with van der Waals surface area (Å²) in [6, 6.07) is 22.1. The zero-order valence-electron chi connectivity index (χ0n) is 22.4. The lowest BCUT2D eigenvalue weighted by Crippen LogP contribution is -2.49. The minimum Gasteiger partial charge on any atom is -0.388 e. The Bertz CT molecular complexity index is 1220. The summed E-state index contributed by atoms with van der Waals surface area (Å²) in [4.78, 5) is 30.6. The van der Waals surface area contributed by atoms with E-state index in [2.05, 4.69) is 19.1 Å². The summed E-state index contributed by atoms with van der Waals surface area (Å²) in [6.45, 7) is 5.04. The molecule has 2 aromatic carbocycles. The van der Waals surface area contributed by atoms with Crippen LogP contribution < -0.4 is 0 Å². The molecule has 0 spiro atoms. The highest BCUT2D eigenvalue weighted by Crippen LogP contribution is 2.31. The van der Waals surface area contributed by atoms with Crippen LogP contribution >= 0.6 is 0 Å². The highest BCUT2D eigenvalue weighted by Gasteiger charge is 2.36. The fourth-order valence-corrected chi connectivity index (χ4v) is 5.88. The molecule has 2 aliphatic rings. The maximum absolute atomic E-state index is 13.8. The van der Waals surface area contributed by atoms with Gasteiger partial charge in [0.25, 0.3) is 5.91 Å². The number of carbonyl (C=O) groups excluding carboxylic acids is 2. The first-order chi connectivity index (χ1) is 18.4. The standard InChI is InChI=1S/C32H39N3O3/c1-25(26-11-5-2-6-12-26)23-29(36)33-21-16-32(38,17-22-33)24-35-20-15-28(27-13-7-3-8-14-27)30(35)31(37)34-18-9-4-10-19-34/h2-3,5-8,11-15,20,25,38H,4,9-10,16-19,21-24H2,1H3. The Morgan fingerprint density at radius 3 is 2.13 bits per heavy atom. The van der Waals surface area contributed by atoms with Crippen LogP contribution in [0.5, 0.6) is 0 Å². The SMILES string of the molecule is CC(CC(=O)N1CCC(O)(Cn2ccc(-c3ccccc3)c2C(=O)N2CCCCC2)CC1)c1ccccc1. The Morgan fingerprint density at radius 2 is 1.47 bits per heavy atom. The Labute approximate surface area is 225 Å². The number of hydrogen-bond acceptors (Lipinski definition) is 3. The Kier molecular flexibility index (Phi) is 7.98. The monoisotopic (exact) mass is 513 g/mol. The summed E-state index contributed by atoms with van der Waals surface area (Å²) in [6.07, 6.45) is 6.62. The van der Waals surface area contributed by atoms with Gasteiger partial charge in [-0.25, -0.2) is 0 Å². The van der Waals surface area contributed by atoms with Crippen LogP contribution in [0.25, 0.3) is 11.1 Å². The number of carbonyl (C=O) groups is 2. The molecule has 2 fully saturated rings. The Morgan fingerprint density at radius 1 is 0.842 bits per heavy atom. The number of rotatable bonds is 7. The lowest BCUT2D eigenvalue weighted by atomic mass is 9.90. The summed E-state index contributed by atoms with van der Waals surface area (Å²) in [5, 5.41) is 11.6. The zero-order valence-corrected chi connectivity index (χ0v) is 22.4. The van der Waals surface area contributed by atoms with Gasteiger partial charge >= 0.3 is 0 Å². The molecule has 38 heavy (non-hydrogen) atoms. The van der Waals surface area contributed by atoms with Gasteiger partial charge in [-0.2, -0.15) is 0 Å². The highest BCUT2D eigenvalue weighted by atomic mass is 16.3. The third-order valence-electron chi connectivity index (χ3n) is 8.26. The second-order valence-electron chi connectivity index (χ2n) is 11.0. The number of aromatic nitrogens is 1. The second kappa shape index (κ2) is 11.6. The molecule has 0 aliphatic carbocycles. The number of amides is 2. The largest absolute Gasteiger partial charge is 0.388 e. The fraction of sp³-hybridized carbons (Fsp3) is 0.438. The molecule has 6 nitrogen and oxygen atoms in total. The van der Waals surface area contributed by atoms with Gasteiger partial charge in [0.05, 0.1) is 12.1 Å². The maximum Gasteiger partial charge on any atom is 0.271 e. The van der Waals surface area contributed by atoms with Gasteiger partial charge in [0.2, 0.25) is 5.91 Å². The highest BCUT2D eigenvalue weighted by molar-refractivity contribution is 5.99. The van der Waals surface area contributed by atoms with Gasteiger partial charge in [-0.1, -0.05) is 67.6 Å². The number of hydrogen-bond donors (Lipinski definition) is 1. The number of benzene rings is 2. The van der Waals surface area contributed by atoms with Crippen molar-refractivity contribution in [2.45, 2.75) is 63.5 Å². The summed E-state index contributed by atoms with van der Waals surface area (Å²) in [5.74, 6) is 0.334. The first-order valence-corrected chi connectivity index (χ1v) is 14.0. The van der Waals surface area contributed by atoms with Gasteiger partial charge in [-0.15, -0.1) is 0 Å². The van der Waals surface area contributed by atoms with Crippen LogP contribution in [0.2, 0.25) is 0 Å². The van der Waals surface area contributed by atoms with E-state index in [4.69, 9.17) is 0 Å². The Balaban J connectivity index is 1.29. The number of aliphatic hydroxyl groups is 1. The molecule has 1 N–H and O–H groups in total. The first kappa shape index (κ1) is 26.2. The molecule has 1 aromatic heterocycles. The molecule has 2 saturated heterocycles. The van der Waals surface area contributed by atoms with E-state index in [1.807, 2.05) is 75.2 Å². The van der Waals surface area contributed by atoms with E-state index in [1.165, 1.54) is 5.56 Å². The van der Waals surface area contributed by atoms with Crippen molar-refractivity contribution in [3.8, 4) is 11.1 Å². The molecule has 1 atom stereocenters. The predicted molar refractivity (Wildman–Crippen MR) is 150 cm³/mol. The molecule has 5 rings (SSSR count). The van der Waals surface area contributed by atoms with E-state index in [-0.39, 0.29) is 17.7 Å². The number of piperidine rings is 2. The van der Waals surface area contributed by atoms with Crippen LogP contribution in [0.15, 0.2) is 72.9 Å². The molecule has 3 heterocycles. The van der Waals surface area contributed by atoms with Crippen molar-refractivity contribution < 1.29 is 14.7 Å². The molecular formula is C32H39N3O3. The van der Waals surface area contributed by atoms with Crippen molar-refractivity contribution in [2.24, 2.45) is 0 Å². The normalized spacial score (nSPS) is 18.3. The van der Waals surface area contributed by atoms with Crippen LogP contribution in [-0.4, -0.2) is 63.1 Å². The minimum atomic E-state index is -0.967. The molecule has 0 bridgehead atoms. The van der Waals surface area contributed by atoms with Gasteiger partial charge in [0.1, 0.15) is 5.69 Å². The van der Waals surface area contributed by atoms with Crippen molar-refractivity contribution in [3.05, 3.63) is 84.2 Å². The van der Waals surface area contributed by atoms with Gasteiger partial charge in [-0.3, -0.25) is 9.59 Å². The van der Waals surface area contributed by atoms with Crippen molar-refractivity contribution in [2.75, 3.05) is 26.2 Å². The third-order valence-corrected chi connectivity index (χ3v) is 8.26. The molecule has 3 aromatic rings. The number of nitrogens with zero attached hydrogens (tertiary/aromatic N) is 3. The summed E-state index contributed by atoms with van der Waals surface area (Å²) >= 11 is 0. The average Bonchev–Trinajstić information content (AvgIpc) is 3.37. The molecule has 1 unspecified atom stereocenters. The van der Waals surface area contributed by atoms with E-state index in [9.17, 15) is 14.7 Å². The van der Waals surface area contributed by atoms with Gasteiger partial charge in [0.15, 0.2) is 0 Å². The lowest BCUT2D eigenvalue weighted by molar-refractivity contribution is -0.136. The summed E-state index contributed by atoms with van der Waals surface area (Å²) in [7, 11) is 0. The van der Waals surface area contributed by atoms with Crippen LogP contribution in [-0.2, 0) is 11.3 Å². The zero-order chi connectivity index (χ0) is 26.5. The van der Waals surface area contributed by atoms with Gasteiger partial charge < -0.3 is 19.5 Å². The van der Waals surface area contributed by atoms with Gasteiger partial charge in [-0.05, 0) is 55.2 Å². The minimum absolute atomic E-state index is 0.0414. The summed E-state index contributed by atoms with van der Waals surface area (Å²) in [5.41, 5.74) is 2.77. The first-order valence-electron chi connectivity index (χ1n) is 14.0. The summed E-state index contributed by atoms with van der Waals surface area (Å²) < 4.78 is 1.95. The second-order valence-corrected chi connectivity index (χ2v) is 11.0. The predicted octanol–water partition coefficient (Wildman–Crippen LogP) is 5.33. The van der Waals surface area contributed by atoms with Crippen LogP contribution in [0.4, 0.5) is 0 Å². The van der Waals surface area contributed by atoms with E-state index >= 15 is 0 Å². The van der Waals surface area contributed by atoms with Crippen LogP contribution in [0.3, 0.4) is 0 Å². The van der Waals surface area contributed by atoms with Crippen LogP contribution in [0, 0.1) is 0 Å². The average molecular weight is 514 g/mol. The van der Waals surface area contributed by atoms with E-state index in [1.54, 1.807) is 0 Å². The molecule has 200 valence electrons. The van der Waals surface area contributed by atoms with Crippen molar-refractivity contribution in [1.29, 1.82) is 0 Å². The quantitative estimate of drug-likeness (QED) is 0.465. The van der Waals surface area contributed by atoms with E-state index in [0.717, 1.165) is 43.5 Å². The number of likely N-dealkylation sites (tertiary alicyclic amines) is 2. The van der Waals surface area contributed by atoms with Crippen molar-refractivity contribution in [1.82, 2.24) is 14.4 Å². The van der Waals surface area contributed by atoms with Crippen molar-refractivity contribution >= 4 is 11.8 Å². The Hall–Kier alpha value is -3.38. The fourth-order valence-electron chi connectivity index (χ4n) is 5.88. The van der Waals surface area contributed by atoms with Gasteiger partial charge in [0, 0.05) is 44.4 Å². The van der Waals surface area contributed by atoms with E-state index < -0.39 is 5.60 Å². The smallest absolute Gasteiger partial charge is 0.271 e. The molecule has 0 saturated carbocycles. The maximum atomic E-state index is 13.8. The lowest BCUT2D eigenvalue weighted by Gasteiger charge is -2.39. The molecular weight excluding hydrogens is 474 g/mol. The topological polar surface area (TPSA) is 65.8 Å².